The molecule has 0 aliphatic carbocycles. The Kier molecular flexibility index (Phi) is 4.91. The predicted octanol–water partition coefficient (Wildman–Crippen LogP) is 3.16. The van der Waals surface area contributed by atoms with Crippen LogP contribution < -0.4 is 10.9 Å². The van der Waals surface area contributed by atoms with Crippen LogP contribution >= 0.6 is 11.3 Å². The molecule has 0 saturated carbocycles. The van der Waals surface area contributed by atoms with E-state index in [1.54, 1.807) is 30.6 Å². The van der Waals surface area contributed by atoms with E-state index in [-0.39, 0.29) is 17.5 Å². The summed E-state index contributed by atoms with van der Waals surface area (Å²) in [4.78, 5) is 25.2. The summed E-state index contributed by atoms with van der Waals surface area (Å²) < 4.78 is 1.41. The fourth-order valence-electron chi connectivity index (χ4n) is 2.53. The van der Waals surface area contributed by atoms with Gasteiger partial charge in [-0.2, -0.15) is 0 Å². The van der Waals surface area contributed by atoms with Crippen LogP contribution in [0.4, 0.5) is 0 Å². The highest BCUT2D eigenvalue weighted by atomic mass is 32.1. The Morgan fingerprint density at radius 3 is 2.58 bits per heavy atom. The summed E-state index contributed by atoms with van der Waals surface area (Å²) in [6.45, 7) is 0. The van der Waals surface area contributed by atoms with Gasteiger partial charge in [-0.05, 0) is 29.5 Å². The van der Waals surface area contributed by atoms with Crippen LogP contribution in [0.1, 0.15) is 26.8 Å². The molecule has 3 aromatic rings. The predicted molar refractivity (Wildman–Crippen MR) is 96.4 cm³/mol. The first kappa shape index (κ1) is 16.2. The van der Waals surface area contributed by atoms with Gasteiger partial charge in [0.1, 0.15) is 0 Å². The SMILES string of the molecule is Cn1cc(C(=O)N[C@H](Cc2ccccc2)c2cccs2)ccc1=O. The molecule has 122 valence electrons. The van der Waals surface area contributed by atoms with E-state index >= 15 is 0 Å². The molecule has 0 radical (unpaired) electrons. The molecule has 5 heteroatoms. The van der Waals surface area contributed by atoms with E-state index in [4.69, 9.17) is 0 Å². The Balaban J connectivity index is 1.82. The maximum Gasteiger partial charge on any atom is 0.253 e. The monoisotopic (exact) mass is 338 g/mol. The Labute approximate surface area is 144 Å². The van der Waals surface area contributed by atoms with Crippen LogP contribution in [-0.4, -0.2) is 10.5 Å². The molecule has 24 heavy (non-hydrogen) atoms. The average Bonchev–Trinajstić information content (AvgIpc) is 3.12. The van der Waals surface area contributed by atoms with Crippen LogP contribution in [0.3, 0.4) is 0 Å². The number of aromatic nitrogens is 1. The normalized spacial score (nSPS) is 11.9. The van der Waals surface area contributed by atoms with Crippen molar-refractivity contribution in [2.24, 2.45) is 7.05 Å². The van der Waals surface area contributed by atoms with Crippen LogP contribution in [0, 0.1) is 0 Å². The van der Waals surface area contributed by atoms with Crippen molar-refractivity contribution in [3.05, 3.63) is 92.5 Å². The van der Waals surface area contributed by atoms with E-state index in [2.05, 4.69) is 17.4 Å². The molecule has 3 rings (SSSR count). The fraction of sp³-hybridized carbons (Fsp3) is 0.158. The molecule has 1 N–H and O–H groups in total. The number of benzene rings is 1. The summed E-state index contributed by atoms with van der Waals surface area (Å²) in [6.07, 6.45) is 2.28. The highest BCUT2D eigenvalue weighted by molar-refractivity contribution is 7.10. The first-order valence-corrected chi connectivity index (χ1v) is 8.56. The minimum absolute atomic E-state index is 0.0999. The van der Waals surface area contributed by atoms with Crippen molar-refractivity contribution in [3.8, 4) is 0 Å². The van der Waals surface area contributed by atoms with Gasteiger partial charge in [-0.1, -0.05) is 36.4 Å². The Bertz CT molecular complexity index is 870. The number of carbonyl (C=O) groups excluding carboxylic acids is 1. The standard InChI is InChI=1S/C19H18N2O2S/c1-21-13-15(9-10-18(21)22)19(23)20-16(17-8-5-11-24-17)12-14-6-3-2-4-7-14/h2-11,13,16H,12H2,1H3,(H,20,23)/t16-/m1/s1. The van der Waals surface area contributed by atoms with Gasteiger partial charge in [0.2, 0.25) is 5.56 Å². The number of hydrogen-bond donors (Lipinski definition) is 1. The maximum atomic E-state index is 12.6. The van der Waals surface area contributed by atoms with Crippen molar-refractivity contribution in [1.29, 1.82) is 0 Å². The topological polar surface area (TPSA) is 51.1 Å². The molecule has 2 aromatic heterocycles. The van der Waals surface area contributed by atoms with Crippen LogP contribution in [0.2, 0.25) is 0 Å². The second-order valence-corrected chi connectivity index (χ2v) is 6.58. The van der Waals surface area contributed by atoms with Gasteiger partial charge in [0.05, 0.1) is 11.6 Å². The van der Waals surface area contributed by atoms with Crippen molar-refractivity contribution in [2.75, 3.05) is 0 Å². The minimum Gasteiger partial charge on any atom is -0.344 e. The fourth-order valence-corrected chi connectivity index (χ4v) is 3.31. The molecule has 0 aliphatic rings. The summed E-state index contributed by atoms with van der Waals surface area (Å²) in [5.74, 6) is -0.181. The lowest BCUT2D eigenvalue weighted by Crippen LogP contribution is -2.30. The smallest absolute Gasteiger partial charge is 0.253 e. The molecule has 0 spiro atoms. The van der Waals surface area contributed by atoms with Crippen molar-refractivity contribution < 1.29 is 4.79 Å². The summed E-state index contributed by atoms with van der Waals surface area (Å²) in [6, 6.07) is 17.0. The third-order valence-corrected chi connectivity index (χ3v) is 4.81. The zero-order chi connectivity index (χ0) is 16.9. The Hall–Kier alpha value is -2.66. The molecule has 0 unspecified atom stereocenters. The van der Waals surface area contributed by atoms with Gasteiger partial charge in [0.15, 0.2) is 0 Å². The molecule has 4 nitrogen and oxygen atoms in total. The lowest BCUT2D eigenvalue weighted by Gasteiger charge is -2.18. The third-order valence-electron chi connectivity index (χ3n) is 3.82. The van der Waals surface area contributed by atoms with E-state index < -0.39 is 0 Å². The van der Waals surface area contributed by atoms with Crippen LogP contribution in [0.25, 0.3) is 0 Å². The van der Waals surface area contributed by atoms with Crippen molar-refractivity contribution >= 4 is 17.2 Å². The largest absolute Gasteiger partial charge is 0.344 e. The lowest BCUT2D eigenvalue weighted by molar-refractivity contribution is 0.0936. The van der Waals surface area contributed by atoms with Crippen molar-refractivity contribution in [1.82, 2.24) is 9.88 Å². The molecule has 2 heterocycles. The van der Waals surface area contributed by atoms with Gasteiger partial charge in [0, 0.05) is 24.2 Å². The number of hydrogen-bond acceptors (Lipinski definition) is 3. The zero-order valence-corrected chi connectivity index (χ0v) is 14.1. The number of pyridine rings is 1. The quantitative estimate of drug-likeness (QED) is 0.777. The molecule has 0 saturated heterocycles. The van der Waals surface area contributed by atoms with Crippen molar-refractivity contribution in [3.63, 3.8) is 0 Å². The number of thiophene rings is 1. The molecule has 1 amide bonds. The highest BCUT2D eigenvalue weighted by Gasteiger charge is 2.17. The molecule has 1 atom stereocenters. The zero-order valence-electron chi connectivity index (χ0n) is 13.3. The summed E-state index contributed by atoms with van der Waals surface area (Å²) in [5.41, 5.74) is 1.51. The first-order valence-electron chi connectivity index (χ1n) is 7.68. The second-order valence-electron chi connectivity index (χ2n) is 5.60. The van der Waals surface area contributed by atoms with Crippen LogP contribution in [-0.2, 0) is 13.5 Å². The molecule has 0 fully saturated rings. The summed E-state index contributed by atoms with van der Waals surface area (Å²) in [7, 11) is 1.64. The molecular weight excluding hydrogens is 320 g/mol. The van der Waals surface area contributed by atoms with Gasteiger partial charge in [-0.25, -0.2) is 0 Å². The van der Waals surface area contributed by atoms with E-state index in [9.17, 15) is 9.59 Å². The number of rotatable bonds is 5. The maximum absolute atomic E-state index is 12.6. The van der Waals surface area contributed by atoms with E-state index in [0.717, 1.165) is 16.9 Å². The van der Waals surface area contributed by atoms with Crippen LogP contribution in [0.15, 0.2) is 71.0 Å². The first-order chi connectivity index (χ1) is 11.6. The van der Waals surface area contributed by atoms with Crippen molar-refractivity contribution in [2.45, 2.75) is 12.5 Å². The van der Waals surface area contributed by atoms with Gasteiger partial charge >= 0.3 is 0 Å². The Morgan fingerprint density at radius 2 is 1.92 bits per heavy atom. The average molecular weight is 338 g/mol. The Morgan fingerprint density at radius 1 is 1.12 bits per heavy atom. The number of nitrogens with one attached hydrogen (secondary N) is 1. The number of aryl methyl sites for hydroxylation is 1. The molecule has 0 aliphatic heterocycles. The van der Waals surface area contributed by atoms with Gasteiger partial charge in [0.25, 0.3) is 5.91 Å². The van der Waals surface area contributed by atoms with Crippen LogP contribution in [0.5, 0.6) is 0 Å². The number of amides is 1. The summed E-state index contributed by atoms with van der Waals surface area (Å²) in [5, 5.41) is 5.09. The molecule has 0 bridgehead atoms. The van der Waals surface area contributed by atoms with E-state index in [1.807, 2.05) is 35.7 Å². The van der Waals surface area contributed by atoms with E-state index in [1.165, 1.54) is 10.6 Å². The number of carbonyl (C=O) groups is 1. The number of nitrogens with zero attached hydrogens (tertiary/aromatic N) is 1. The van der Waals surface area contributed by atoms with Gasteiger partial charge in [-0.15, -0.1) is 11.3 Å². The van der Waals surface area contributed by atoms with Gasteiger partial charge in [-0.3, -0.25) is 9.59 Å². The third kappa shape index (κ3) is 3.81. The van der Waals surface area contributed by atoms with E-state index in [0.29, 0.717) is 5.56 Å². The highest BCUT2D eigenvalue weighted by Crippen LogP contribution is 2.23. The van der Waals surface area contributed by atoms with Gasteiger partial charge < -0.3 is 9.88 Å². The molecular formula is C19H18N2O2S. The minimum atomic E-state index is -0.181. The lowest BCUT2D eigenvalue weighted by atomic mass is 10.0. The molecule has 1 aromatic carbocycles. The second kappa shape index (κ2) is 7.27. The summed E-state index contributed by atoms with van der Waals surface area (Å²) >= 11 is 1.62.